The van der Waals surface area contributed by atoms with Gasteiger partial charge in [-0.1, -0.05) is 164 Å². The van der Waals surface area contributed by atoms with Gasteiger partial charge in [0.25, 0.3) is 0 Å². The van der Waals surface area contributed by atoms with E-state index in [-0.39, 0.29) is 0 Å². The van der Waals surface area contributed by atoms with Crippen LogP contribution in [0.15, 0.2) is 188 Å². The van der Waals surface area contributed by atoms with E-state index in [4.69, 9.17) is 15.0 Å². The third-order valence-corrected chi connectivity index (χ3v) is 12.9. The van der Waals surface area contributed by atoms with E-state index >= 15 is 0 Å². The van der Waals surface area contributed by atoms with Crippen LogP contribution in [-0.2, 0) is 0 Å². The summed E-state index contributed by atoms with van der Waals surface area (Å²) in [6.45, 7) is 0. The Morgan fingerprint density at radius 1 is 0.286 bits per heavy atom. The van der Waals surface area contributed by atoms with E-state index in [9.17, 15) is 0 Å². The second-order valence-electron chi connectivity index (χ2n) is 13.9. The number of rotatable bonds is 6. The number of nitrogens with zero attached hydrogens (tertiary/aromatic N) is 3. The molecule has 0 saturated heterocycles. The van der Waals surface area contributed by atoms with Crippen LogP contribution in [0.2, 0.25) is 0 Å². The van der Waals surface area contributed by atoms with E-state index in [0.29, 0.717) is 17.5 Å². The van der Waals surface area contributed by atoms with Gasteiger partial charge in [0, 0.05) is 62.6 Å². The first kappa shape index (κ1) is 32.6. The summed E-state index contributed by atoms with van der Waals surface area (Å²) >= 11 is 3.72. The number of hydrogen-bond donors (Lipinski definition) is 0. The lowest BCUT2D eigenvalue weighted by Crippen LogP contribution is -2.00. The molecule has 0 saturated carbocycles. The van der Waals surface area contributed by atoms with Gasteiger partial charge in [0.15, 0.2) is 17.5 Å². The van der Waals surface area contributed by atoms with Crippen molar-refractivity contribution >= 4 is 63.0 Å². The molecule has 11 rings (SSSR count). The molecule has 0 aliphatic rings. The molecule has 0 amide bonds. The second-order valence-corrected chi connectivity index (χ2v) is 16.1. The van der Waals surface area contributed by atoms with Crippen LogP contribution in [0.5, 0.6) is 0 Å². The molecule has 0 bridgehead atoms. The van der Waals surface area contributed by atoms with Crippen molar-refractivity contribution < 1.29 is 0 Å². The normalized spacial score (nSPS) is 11.6. The summed E-state index contributed by atoms with van der Waals surface area (Å²) in [5.41, 5.74) is 10.0. The highest BCUT2D eigenvalue weighted by molar-refractivity contribution is 7.26. The highest BCUT2D eigenvalue weighted by Crippen LogP contribution is 2.47. The lowest BCUT2D eigenvalue weighted by molar-refractivity contribution is 1.07. The molecule has 3 aromatic heterocycles. The van der Waals surface area contributed by atoms with Gasteiger partial charge in [-0.2, -0.15) is 0 Å². The number of hydrogen-bond acceptors (Lipinski definition) is 5. The minimum atomic E-state index is 0.641. The van der Waals surface area contributed by atoms with Crippen LogP contribution >= 0.6 is 22.7 Å². The molecule has 3 heterocycles. The van der Waals surface area contributed by atoms with E-state index in [2.05, 4.69) is 127 Å². The average molecular weight is 750 g/mol. The maximum Gasteiger partial charge on any atom is 0.164 e. The van der Waals surface area contributed by atoms with Crippen LogP contribution in [0.25, 0.3) is 108 Å². The van der Waals surface area contributed by atoms with Gasteiger partial charge in [0.05, 0.1) is 0 Å². The monoisotopic (exact) mass is 749 g/mol. The number of thiophene rings is 2. The van der Waals surface area contributed by atoms with E-state index in [1.165, 1.54) is 68.2 Å². The minimum absolute atomic E-state index is 0.641. The molecule has 262 valence electrons. The smallest absolute Gasteiger partial charge is 0.164 e. The van der Waals surface area contributed by atoms with Crippen molar-refractivity contribution in [2.45, 2.75) is 0 Å². The molecule has 0 unspecified atom stereocenters. The molecule has 0 spiro atoms. The standard InChI is InChI=1S/C51H31N3S2/c1-3-13-33(14-4-1)49-52-50(34-15-5-2-6-16-34)54-51(53-49)35-27-25-32(26-28-35)47-37(36-29-30-46-43(31-36)39-18-8-9-23-44(39)55-46)19-11-20-40(47)42-22-12-21-41-38-17-7-10-24-45(38)56-48(41)42/h1-31H. The van der Waals surface area contributed by atoms with Crippen molar-refractivity contribution in [3.63, 3.8) is 0 Å². The lowest BCUT2D eigenvalue weighted by Gasteiger charge is -2.17. The third-order valence-electron chi connectivity index (χ3n) is 10.6. The lowest BCUT2D eigenvalue weighted by atomic mass is 9.86. The Labute approximate surface area is 331 Å². The Kier molecular flexibility index (Phi) is 7.87. The topological polar surface area (TPSA) is 38.7 Å². The molecule has 0 atom stereocenters. The second kappa shape index (κ2) is 13.5. The molecular formula is C51H31N3S2. The van der Waals surface area contributed by atoms with Crippen LogP contribution in [0.4, 0.5) is 0 Å². The maximum atomic E-state index is 5.02. The first-order valence-electron chi connectivity index (χ1n) is 18.7. The SMILES string of the molecule is c1ccc(-c2nc(-c3ccccc3)nc(-c3ccc(-c4c(-c5ccc6sc7ccccc7c6c5)cccc4-c4cccc5c4sc4ccccc45)cc3)n2)cc1. The van der Waals surface area contributed by atoms with Crippen molar-refractivity contribution in [2.24, 2.45) is 0 Å². The van der Waals surface area contributed by atoms with Crippen LogP contribution < -0.4 is 0 Å². The Morgan fingerprint density at radius 3 is 1.43 bits per heavy atom. The number of benzene rings is 8. The predicted molar refractivity (Wildman–Crippen MR) is 238 cm³/mol. The summed E-state index contributed by atoms with van der Waals surface area (Å²) in [7, 11) is 0. The molecule has 5 heteroatoms. The Morgan fingerprint density at radius 2 is 0.750 bits per heavy atom. The zero-order chi connectivity index (χ0) is 37.0. The van der Waals surface area contributed by atoms with Gasteiger partial charge < -0.3 is 0 Å². The van der Waals surface area contributed by atoms with Crippen LogP contribution in [0.3, 0.4) is 0 Å². The minimum Gasteiger partial charge on any atom is -0.208 e. The molecule has 56 heavy (non-hydrogen) atoms. The highest BCUT2D eigenvalue weighted by atomic mass is 32.1. The van der Waals surface area contributed by atoms with Crippen molar-refractivity contribution in [2.75, 3.05) is 0 Å². The fourth-order valence-electron chi connectivity index (χ4n) is 7.90. The molecule has 0 radical (unpaired) electrons. The van der Waals surface area contributed by atoms with Gasteiger partial charge in [-0.3, -0.25) is 0 Å². The summed E-state index contributed by atoms with van der Waals surface area (Å²) in [5.74, 6) is 1.94. The first-order chi connectivity index (χ1) is 27.7. The molecule has 8 aromatic carbocycles. The van der Waals surface area contributed by atoms with Gasteiger partial charge in [-0.15, -0.1) is 22.7 Å². The summed E-state index contributed by atoms with van der Waals surface area (Å²) < 4.78 is 5.21. The fourth-order valence-corrected chi connectivity index (χ4v) is 10.2. The van der Waals surface area contributed by atoms with Crippen molar-refractivity contribution in [3.8, 4) is 67.5 Å². The summed E-state index contributed by atoms with van der Waals surface area (Å²) in [4.78, 5) is 14.9. The molecule has 0 aliphatic carbocycles. The first-order valence-corrected chi connectivity index (χ1v) is 20.3. The summed E-state index contributed by atoms with van der Waals surface area (Å²) in [6.07, 6.45) is 0. The van der Waals surface area contributed by atoms with Crippen molar-refractivity contribution in [1.82, 2.24) is 15.0 Å². The van der Waals surface area contributed by atoms with Crippen LogP contribution in [0, 0.1) is 0 Å². The molecule has 11 aromatic rings. The van der Waals surface area contributed by atoms with Crippen LogP contribution in [-0.4, -0.2) is 15.0 Å². The van der Waals surface area contributed by atoms with Gasteiger partial charge in [-0.05, 0) is 52.1 Å². The van der Waals surface area contributed by atoms with E-state index in [1.54, 1.807) is 0 Å². The predicted octanol–water partition coefficient (Wildman–Crippen LogP) is 14.6. The van der Waals surface area contributed by atoms with Gasteiger partial charge >= 0.3 is 0 Å². The average Bonchev–Trinajstić information content (AvgIpc) is 3.85. The fraction of sp³-hybridized carbons (Fsp3) is 0. The number of fused-ring (bicyclic) bond motifs is 6. The van der Waals surface area contributed by atoms with Gasteiger partial charge in [-0.25, -0.2) is 15.0 Å². The maximum absolute atomic E-state index is 5.02. The molecule has 3 nitrogen and oxygen atoms in total. The summed E-state index contributed by atoms with van der Waals surface area (Å²) in [5, 5.41) is 5.18. The Hall–Kier alpha value is -6.79. The van der Waals surface area contributed by atoms with Gasteiger partial charge in [0.1, 0.15) is 0 Å². The molecule has 0 aliphatic heterocycles. The van der Waals surface area contributed by atoms with Gasteiger partial charge in [0.2, 0.25) is 0 Å². The van der Waals surface area contributed by atoms with E-state index < -0.39 is 0 Å². The quantitative estimate of drug-likeness (QED) is 0.170. The molecule has 0 fully saturated rings. The zero-order valence-corrected chi connectivity index (χ0v) is 31.7. The summed E-state index contributed by atoms with van der Waals surface area (Å²) in [6, 6.07) is 67.0. The zero-order valence-electron chi connectivity index (χ0n) is 30.1. The van der Waals surface area contributed by atoms with E-state index in [0.717, 1.165) is 22.3 Å². The Bertz CT molecular complexity index is 3180. The van der Waals surface area contributed by atoms with Crippen LogP contribution in [0.1, 0.15) is 0 Å². The highest BCUT2D eigenvalue weighted by Gasteiger charge is 2.19. The number of aromatic nitrogens is 3. The Balaban J connectivity index is 1.11. The molecular weight excluding hydrogens is 719 g/mol. The largest absolute Gasteiger partial charge is 0.208 e. The molecule has 0 N–H and O–H groups in total. The van der Waals surface area contributed by atoms with Crippen molar-refractivity contribution in [3.05, 3.63) is 188 Å². The third kappa shape index (κ3) is 5.60. The van der Waals surface area contributed by atoms with Crippen molar-refractivity contribution in [1.29, 1.82) is 0 Å². The van der Waals surface area contributed by atoms with E-state index in [1.807, 2.05) is 83.3 Å².